The van der Waals surface area contributed by atoms with Gasteiger partial charge in [0.25, 0.3) is 0 Å². The molecule has 0 aromatic rings. The van der Waals surface area contributed by atoms with Crippen LogP contribution in [-0.2, 0) is 9.59 Å². The number of carbonyl (C=O) groups excluding carboxylic acids is 2. The van der Waals surface area contributed by atoms with Crippen LogP contribution < -0.4 is 5.32 Å². The maximum Gasteiger partial charge on any atom is 0.234 e. The minimum absolute atomic E-state index is 0.0122. The van der Waals surface area contributed by atoms with Crippen LogP contribution in [-0.4, -0.2) is 116 Å². The molecule has 1 aliphatic heterocycles. The number of ketones is 1. The molecule has 1 heterocycles. The Balaban J connectivity index is 2.66. The Labute approximate surface area is 159 Å². The van der Waals surface area contributed by atoms with Crippen LogP contribution in [0.3, 0.4) is 0 Å². The van der Waals surface area contributed by atoms with Crippen LogP contribution >= 0.6 is 0 Å². The van der Waals surface area contributed by atoms with Gasteiger partial charge in [0.15, 0.2) is 0 Å². The van der Waals surface area contributed by atoms with Crippen molar-refractivity contribution in [3.63, 3.8) is 0 Å². The normalized spacial score (nSPS) is 20.3. The molecule has 1 saturated heterocycles. The summed E-state index contributed by atoms with van der Waals surface area (Å²) in [5.74, 6) is -0.0719. The first-order valence-corrected chi connectivity index (χ1v) is 10.1. The molecule has 0 unspecified atom stereocenters. The highest BCUT2D eigenvalue weighted by Crippen LogP contribution is 2.00. The van der Waals surface area contributed by atoms with E-state index in [-0.39, 0.29) is 18.2 Å². The molecule has 7 nitrogen and oxygen atoms in total. The van der Waals surface area contributed by atoms with Gasteiger partial charge in [-0.2, -0.15) is 0 Å². The molecular formula is C19H39N5O2. The van der Waals surface area contributed by atoms with E-state index in [1.165, 1.54) is 6.92 Å². The largest absolute Gasteiger partial charge is 0.348 e. The molecule has 0 aromatic carbocycles. The van der Waals surface area contributed by atoms with Crippen molar-refractivity contribution in [2.45, 2.75) is 27.7 Å². The summed E-state index contributed by atoms with van der Waals surface area (Å²) in [5.41, 5.74) is 0. The van der Waals surface area contributed by atoms with E-state index in [4.69, 9.17) is 0 Å². The molecule has 0 spiro atoms. The van der Waals surface area contributed by atoms with Crippen LogP contribution in [0.2, 0.25) is 0 Å². The molecule has 0 aromatic heterocycles. The standard InChI is InChI=1S/C19H39N5O2/c1-5-21-8-10-22(6-2)12-14-24(15-13-23(7-3)11-9-21)17-19(26)20-16-18(4)25/h5-17H2,1-4H3,(H,20,26). The highest BCUT2D eigenvalue weighted by atomic mass is 16.2. The lowest BCUT2D eigenvalue weighted by atomic mass is 10.3. The van der Waals surface area contributed by atoms with E-state index >= 15 is 0 Å². The number of rotatable bonds is 7. The highest BCUT2D eigenvalue weighted by molar-refractivity contribution is 5.85. The maximum absolute atomic E-state index is 12.1. The van der Waals surface area contributed by atoms with E-state index in [0.717, 1.165) is 72.0 Å². The molecule has 0 aliphatic carbocycles. The van der Waals surface area contributed by atoms with Crippen molar-refractivity contribution >= 4 is 11.7 Å². The third-order valence-electron chi connectivity index (χ3n) is 5.17. The Kier molecular flexibility index (Phi) is 11.7. The average molecular weight is 370 g/mol. The van der Waals surface area contributed by atoms with Gasteiger partial charge >= 0.3 is 0 Å². The van der Waals surface area contributed by atoms with Crippen molar-refractivity contribution in [1.82, 2.24) is 24.9 Å². The van der Waals surface area contributed by atoms with Crippen LogP contribution in [0.4, 0.5) is 0 Å². The third-order valence-corrected chi connectivity index (χ3v) is 5.17. The number of nitrogens with one attached hydrogen (secondary N) is 1. The number of carbonyl (C=O) groups is 2. The fraction of sp³-hybridized carbons (Fsp3) is 0.895. The second-order valence-corrected chi connectivity index (χ2v) is 7.06. The number of hydrogen-bond donors (Lipinski definition) is 1. The summed E-state index contributed by atoms with van der Waals surface area (Å²) in [5, 5.41) is 2.72. The van der Waals surface area contributed by atoms with Gasteiger partial charge in [0, 0.05) is 52.4 Å². The molecule has 0 radical (unpaired) electrons. The molecule has 1 N–H and O–H groups in total. The van der Waals surface area contributed by atoms with Crippen LogP contribution in [0.1, 0.15) is 27.7 Å². The summed E-state index contributed by atoms with van der Waals surface area (Å²) in [4.78, 5) is 32.9. The molecule has 0 bridgehead atoms. The topological polar surface area (TPSA) is 59.1 Å². The second-order valence-electron chi connectivity index (χ2n) is 7.06. The van der Waals surface area contributed by atoms with Crippen molar-refractivity contribution in [3.05, 3.63) is 0 Å². The fourth-order valence-corrected chi connectivity index (χ4v) is 3.17. The van der Waals surface area contributed by atoms with E-state index in [0.29, 0.717) is 6.54 Å². The zero-order valence-corrected chi connectivity index (χ0v) is 17.3. The molecule has 26 heavy (non-hydrogen) atoms. The summed E-state index contributed by atoms with van der Waals surface area (Å²) in [6.45, 7) is 19.8. The Morgan fingerprint density at radius 3 is 1.35 bits per heavy atom. The molecule has 1 aliphatic rings. The minimum atomic E-state index is -0.0597. The Bertz CT molecular complexity index is 399. The summed E-state index contributed by atoms with van der Waals surface area (Å²) in [6.07, 6.45) is 0. The lowest BCUT2D eigenvalue weighted by molar-refractivity contribution is -0.125. The Morgan fingerprint density at radius 1 is 0.692 bits per heavy atom. The van der Waals surface area contributed by atoms with Gasteiger partial charge in [-0.25, -0.2) is 0 Å². The average Bonchev–Trinajstić information content (AvgIpc) is 2.62. The van der Waals surface area contributed by atoms with Crippen LogP contribution in [0, 0.1) is 0 Å². The first-order chi connectivity index (χ1) is 12.5. The van der Waals surface area contributed by atoms with E-state index in [9.17, 15) is 9.59 Å². The lowest BCUT2D eigenvalue weighted by Gasteiger charge is -2.33. The van der Waals surface area contributed by atoms with Crippen LogP contribution in [0.25, 0.3) is 0 Å². The summed E-state index contributed by atoms with van der Waals surface area (Å²) >= 11 is 0. The summed E-state index contributed by atoms with van der Waals surface area (Å²) in [6, 6.07) is 0. The highest BCUT2D eigenvalue weighted by Gasteiger charge is 2.16. The first kappa shape index (κ1) is 23.0. The quantitative estimate of drug-likeness (QED) is 0.680. The second kappa shape index (κ2) is 13.2. The minimum Gasteiger partial charge on any atom is -0.348 e. The molecular weight excluding hydrogens is 330 g/mol. The molecule has 7 heteroatoms. The molecule has 152 valence electrons. The molecule has 1 amide bonds. The van der Waals surface area contributed by atoms with Crippen LogP contribution in [0.15, 0.2) is 0 Å². The Morgan fingerprint density at radius 2 is 1.04 bits per heavy atom. The van der Waals surface area contributed by atoms with Gasteiger partial charge in [0.2, 0.25) is 5.91 Å². The van der Waals surface area contributed by atoms with Gasteiger partial charge < -0.3 is 20.0 Å². The predicted octanol–water partition coefficient (Wildman–Crippen LogP) is -0.0271. The predicted molar refractivity (Wildman–Crippen MR) is 106 cm³/mol. The van der Waals surface area contributed by atoms with Gasteiger partial charge in [-0.3, -0.25) is 14.5 Å². The van der Waals surface area contributed by atoms with Crippen molar-refractivity contribution < 1.29 is 9.59 Å². The van der Waals surface area contributed by atoms with Crippen LogP contribution in [0.5, 0.6) is 0 Å². The Hall–Kier alpha value is -1.02. The number of likely N-dealkylation sites (N-methyl/N-ethyl adjacent to an activating group) is 3. The summed E-state index contributed by atoms with van der Waals surface area (Å²) < 4.78 is 0. The van der Waals surface area contributed by atoms with Crippen molar-refractivity contribution in [3.8, 4) is 0 Å². The third kappa shape index (κ3) is 9.62. The van der Waals surface area contributed by atoms with E-state index in [1.807, 2.05) is 0 Å². The van der Waals surface area contributed by atoms with Crippen molar-refractivity contribution in [1.29, 1.82) is 0 Å². The molecule has 1 rings (SSSR count). The summed E-state index contributed by atoms with van der Waals surface area (Å²) in [7, 11) is 0. The lowest BCUT2D eigenvalue weighted by Crippen LogP contribution is -2.48. The molecule has 1 fully saturated rings. The van der Waals surface area contributed by atoms with E-state index in [1.54, 1.807) is 0 Å². The zero-order chi connectivity index (χ0) is 19.4. The van der Waals surface area contributed by atoms with E-state index in [2.05, 4.69) is 45.7 Å². The smallest absolute Gasteiger partial charge is 0.234 e. The van der Waals surface area contributed by atoms with Gasteiger partial charge in [-0.05, 0) is 26.6 Å². The molecule has 0 atom stereocenters. The fourth-order valence-electron chi connectivity index (χ4n) is 3.17. The van der Waals surface area contributed by atoms with Gasteiger partial charge in [0.1, 0.15) is 5.78 Å². The number of Topliss-reactive ketones (excluding diaryl/α,β-unsaturated/α-hetero) is 1. The number of hydrogen-bond acceptors (Lipinski definition) is 6. The van der Waals surface area contributed by atoms with Gasteiger partial charge in [-0.15, -0.1) is 0 Å². The van der Waals surface area contributed by atoms with Gasteiger partial charge in [0.05, 0.1) is 13.1 Å². The first-order valence-electron chi connectivity index (χ1n) is 10.1. The maximum atomic E-state index is 12.1. The zero-order valence-electron chi connectivity index (χ0n) is 17.3. The van der Waals surface area contributed by atoms with E-state index < -0.39 is 0 Å². The van der Waals surface area contributed by atoms with Crippen molar-refractivity contribution in [2.24, 2.45) is 0 Å². The monoisotopic (exact) mass is 369 g/mol. The molecule has 0 saturated carbocycles. The number of nitrogens with zero attached hydrogens (tertiary/aromatic N) is 4. The van der Waals surface area contributed by atoms with Crippen molar-refractivity contribution in [2.75, 3.05) is 85.1 Å². The SMILES string of the molecule is CCN1CCN(CC)CCN(CC(=O)NCC(C)=O)CCN(CC)CC1. The van der Waals surface area contributed by atoms with Gasteiger partial charge in [-0.1, -0.05) is 20.8 Å². The number of amides is 1.